The molecule has 6 nitrogen and oxygen atoms in total. The molecule has 0 aromatic heterocycles. The minimum Gasteiger partial charge on any atom is -0.862 e. The Balaban J connectivity index is 0.0000122. The first-order chi connectivity index (χ1) is 16.8. The van der Waals surface area contributed by atoms with Crippen LogP contribution in [0.2, 0.25) is 0 Å². The van der Waals surface area contributed by atoms with Gasteiger partial charge in [-0.2, -0.15) is 8.42 Å². The smallest absolute Gasteiger partial charge is 0.862 e. The van der Waals surface area contributed by atoms with Crippen LogP contribution in [0.3, 0.4) is 0 Å². The van der Waals surface area contributed by atoms with E-state index in [4.69, 9.17) is 9.29 Å². The zero-order chi connectivity index (χ0) is 25.8. The molecule has 0 saturated carbocycles. The molecule has 1 aromatic rings. The second kappa shape index (κ2) is 22.4. The van der Waals surface area contributed by atoms with E-state index in [1.165, 1.54) is 69.8 Å². The fourth-order valence-electron chi connectivity index (χ4n) is 4.12. The van der Waals surface area contributed by atoms with Crippen molar-refractivity contribution in [1.82, 2.24) is 0 Å². The fraction of sp³-hybridized carbons (Fsp3) is 0.750. The van der Waals surface area contributed by atoms with Gasteiger partial charge in [-0.1, -0.05) is 96.6 Å². The van der Waals surface area contributed by atoms with Crippen molar-refractivity contribution in [3.05, 3.63) is 29.8 Å². The topological polar surface area (TPSA) is 99.0 Å². The van der Waals surface area contributed by atoms with Crippen molar-refractivity contribution in [2.24, 2.45) is 4.99 Å². The summed E-state index contributed by atoms with van der Waals surface area (Å²) in [6.07, 6.45) is 18.1. The van der Waals surface area contributed by atoms with Gasteiger partial charge in [-0.3, -0.25) is 4.55 Å². The Kier molecular flexibility index (Phi) is 22.0. The largest absolute Gasteiger partial charge is 1.00 e. The molecule has 0 radical (unpaired) electrons. The van der Waals surface area contributed by atoms with Gasteiger partial charge in [0.05, 0.1) is 18.4 Å². The normalized spacial score (nSPS) is 12.8. The van der Waals surface area contributed by atoms with Gasteiger partial charge in [0.2, 0.25) is 0 Å². The summed E-state index contributed by atoms with van der Waals surface area (Å²) in [6.45, 7) is 4.16. The summed E-state index contributed by atoms with van der Waals surface area (Å²) in [6, 6.07) is 8.08. The molecule has 0 amide bonds. The van der Waals surface area contributed by atoms with E-state index in [0.717, 1.165) is 31.4 Å². The van der Waals surface area contributed by atoms with Crippen molar-refractivity contribution in [2.45, 2.75) is 123 Å². The molecule has 0 aliphatic carbocycles. The van der Waals surface area contributed by atoms with E-state index in [2.05, 4.69) is 31.0 Å². The summed E-state index contributed by atoms with van der Waals surface area (Å²) in [5.41, 5.74) is 1.25. The quantitative estimate of drug-likeness (QED) is 0.0808. The molecule has 1 N–H and O–H groups in total. The van der Waals surface area contributed by atoms with Crippen LogP contribution in [0.25, 0.3) is 0 Å². The van der Waals surface area contributed by atoms with Crippen molar-refractivity contribution >= 4 is 16.0 Å². The van der Waals surface area contributed by atoms with Crippen LogP contribution in [0.5, 0.6) is 5.75 Å². The van der Waals surface area contributed by atoms with E-state index >= 15 is 0 Å². The number of aliphatic imine (C=N–C) groups is 1. The van der Waals surface area contributed by atoms with Crippen LogP contribution < -0.4 is 39.4 Å². The molecule has 1 unspecified atom stereocenters. The predicted octanol–water partition coefficient (Wildman–Crippen LogP) is 3.52. The van der Waals surface area contributed by atoms with Crippen LogP contribution in [0.1, 0.15) is 116 Å². The Bertz CT molecular complexity index is 784. The van der Waals surface area contributed by atoms with Gasteiger partial charge in [0, 0.05) is 0 Å². The summed E-state index contributed by atoms with van der Waals surface area (Å²) in [5, 5.41) is 12.0. The molecule has 0 aliphatic rings. The number of rotatable bonds is 22. The molecule has 0 bridgehead atoms. The van der Waals surface area contributed by atoms with Crippen molar-refractivity contribution in [1.29, 1.82) is 0 Å². The summed E-state index contributed by atoms with van der Waals surface area (Å²) < 4.78 is 36.5. The van der Waals surface area contributed by atoms with Crippen LogP contribution >= 0.6 is 0 Å². The first-order valence-electron chi connectivity index (χ1n) is 13.7. The number of hydrogen-bond acceptors (Lipinski definition) is 5. The molecular weight excluding hydrogens is 485 g/mol. The van der Waals surface area contributed by atoms with E-state index in [9.17, 15) is 13.5 Å². The maximum Gasteiger partial charge on any atom is 1.00 e. The van der Waals surface area contributed by atoms with Crippen LogP contribution in [0.4, 0.5) is 0 Å². The second-order valence-electron chi connectivity index (χ2n) is 9.52. The van der Waals surface area contributed by atoms with Crippen molar-refractivity contribution in [3.8, 4) is 5.75 Å². The molecule has 36 heavy (non-hydrogen) atoms. The Labute approximate surface area is 242 Å². The molecule has 202 valence electrons. The standard InChI is InChI=1S/C28H49NO5S.Na/c1-3-5-6-7-8-9-10-11-12-13-14-15-16-26(34-27-19-17-25(4-2)18-20-27)21-22-28(30)29-23-24-35(31,32)33;/h17-20,26H,3-16,21-24H2,1-2H3,(H,29,30)(H,31,32,33);/q;+1/p-1. The molecule has 0 heterocycles. The summed E-state index contributed by atoms with van der Waals surface area (Å²) in [4.78, 5) is 3.74. The minimum absolute atomic E-state index is 0. The SMILES string of the molecule is CCCCCCCCCCCCCCC(CCC([O-])=NCCS(=O)(=O)O)Oc1ccc(CC)cc1.[Na+]. The number of ether oxygens (including phenoxy) is 1. The van der Waals surface area contributed by atoms with Gasteiger partial charge >= 0.3 is 29.6 Å². The van der Waals surface area contributed by atoms with Crippen molar-refractivity contribution < 1.29 is 52.4 Å². The first-order valence-corrected chi connectivity index (χ1v) is 15.4. The van der Waals surface area contributed by atoms with E-state index in [0.29, 0.717) is 6.42 Å². The number of aryl methyl sites for hydroxylation is 1. The molecule has 8 heteroatoms. The Morgan fingerprint density at radius 1 is 0.889 bits per heavy atom. The van der Waals surface area contributed by atoms with E-state index < -0.39 is 15.9 Å². The molecule has 0 saturated heterocycles. The summed E-state index contributed by atoms with van der Waals surface area (Å²) in [5.74, 6) is -0.0680. The average molecular weight is 534 g/mol. The minimum atomic E-state index is -4.10. The maximum absolute atomic E-state index is 12.0. The van der Waals surface area contributed by atoms with Crippen molar-refractivity contribution in [2.75, 3.05) is 12.3 Å². The average Bonchev–Trinajstić information content (AvgIpc) is 2.82. The van der Waals surface area contributed by atoms with Crippen LogP contribution in [0, 0.1) is 0 Å². The number of nitrogens with zero attached hydrogens (tertiary/aromatic N) is 1. The van der Waals surface area contributed by atoms with Gasteiger partial charge < -0.3 is 14.8 Å². The number of hydrogen-bond donors (Lipinski definition) is 1. The zero-order valence-corrected chi connectivity index (χ0v) is 25.9. The predicted molar refractivity (Wildman–Crippen MR) is 144 cm³/mol. The third-order valence-corrected chi connectivity index (χ3v) is 7.03. The Morgan fingerprint density at radius 2 is 1.42 bits per heavy atom. The van der Waals surface area contributed by atoms with Crippen LogP contribution in [-0.2, 0) is 16.5 Å². The molecule has 0 aliphatic heterocycles. The number of benzene rings is 1. The van der Waals surface area contributed by atoms with Gasteiger partial charge in [-0.15, -0.1) is 0 Å². The fourth-order valence-corrected chi connectivity index (χ4v) is 4.44. The molecule has 0 spiro atoms. The van der Waals surface area contributed by atoms with Gasteiger partial charge in [0.1, 0.15) is 5.75 Å². The van der Waals surface area contributed by atoms with E-state index in [1.54, 1.807) is 0 Å². The second-order valence-corrected chi connectivity index (χ2v) is 11.1. The first kappa shape index (κ1) is 35.4. The van der Waals surface area contributed by atoms with Gasteiger partial charge in [0.25, 0.3) is 10.1 Å². The van der Waals surface area contributed by atoms with Crippen molar-refractivity contribution in [3.63, 3.8) is 0 Å². The zero-order valence-electron chi connectivity index (χ0n) is 23.1. The Hall–Kier alpha value is -0.600. The van der Waals surface area contributed by atoms with Gasteiger partial charge in [-0.05, 0) is 55.7 Å². The molecule has 1 atom stereocenters. The van der Waals surface area contributed by atoms with Crippen LogP contribution in [-0.4, -0.2) is 37.3 Å². The number of unbranched alkanes of at least 4 members (excludes halogenated alkanes) is 11. The molecule has 1 aromatic carbocycles. The molecule has 1 rings (SSSR count). The summed E-state index contributed by atoms with van der Waals surface area (Å²) in [7, 11) is -4.10. The molecule has 0 fully saturated rings. The monoisotopic (exact) mass is 533 g/mol. The Morgan fingerprint density at radius 3 is 1.92 bits per heavy atom. The summed E-state index contributed by atoms with van der Waals surface area (Å²) >= 11 is 0. The maximum atomic E-state index is 12.0. The van der Waals surface area contributed by atoms with E-state index in [-0.39, 0.29) is 54.5 Å². The molecular formula is C28H48NNaO5S. The third-order valence-electron chi connectivity index (χ3n) is 6.33. The van der Waals surface area contributed by atoms with E-state index in [1.807, 2.05) is 12.1 Å². The van der Waals surface area contributed by atoms with Gasteiger partial charge in [-0.25, -0.2) is 0 Å². The third kappa shape index (κ3) is 20.5. The van der Waals surface area contributed by atoms with Gasteiger partial charge in [0.15, 0.2) is 0 Å². The van der Waals surface area contributed by atoms with Crippen LogP contribution in [0.15, 0.2) is 29.3 Å².